The van der Waals surface area contributed by atoms with Gasteiger partial charge in [0.15, 0.2) is 0 Å². The van der Waals surface area contributed by atoms with Gasteiger partial charge in [0, 0.05) is 55.9 Å². The molecule has 2 atom stereocenters. The molecule has 1 aromatic carbocycles. The van der Waals surface area contributed by atoms with E-state index < -0.39 is 0 Å². The van der Waals surface area contributed by atoms with Gasteiger partial charge in [-0.25, -0.2) is 9.67 Å². The number of nitrogens with zero attached hydrogens (tertiary/aromatic N) is 5. The van der Waals surface area contributed by atoms with Gasteiger partial charge in [-0.05, 0) is 30.9 Å². The Morgan fingerprint density at radius 3 is 2.81 bits per heavy atom. The number of rotatable bonds is 5. The van der Waals surface area contributed by atoms with Crippen molar-refractivity contribution in [3.63, 3.8) is 0 Å². The fraction of sp³-hybridized carbons (Fsp3) is 0.429. The number of hydrogen-bond acceptors (Lipinski definition) is 5. The van der Waals surface area contributed by atoms with Crippen LogP contribution in [0.4, 0.5) is 0 Å². The first-order valence-corrected chi connectivity index (χ1v) is 10.7. The zero-order valence-electron chi connectivity index (χ0n) is 15.4. The zero-order chi connectivity index (χ0) is 18.1. The van der Waals surface area contributed by atoms with Crippen LogP contribution in [-0.4, -0.2) is 50.2 Å². The van der Waals surface area contributed by atoms with E-state index >= 15 is 0 Å². The number of para-hydroxylation sites is 1. The van der Waals surface area contributed by atoms with E-state index in [0.717, 1.165) is 31.2 Å². The first-order valence-electron chi connectivity index (χ1n) is 9.76. The molecule has 6 heteroatoms. The Labute approximate surface area is 164 Å². The lowest BCUT2D eigenvalue weighted by Crippen LogP contribution is -2.43. The minimum absolute atomic E-state index is 0.641. The number of aromatic nitrogens is 3. The fourth-order valence-corrected chi connectivity index (χ4v) is 5.09. The highest BCUT2D eigenvalue weighted by atomic mass is 32.1. The highest BCUT2D eigenvalue weighted by Gasteiger charge is 2.34. The van der Waals surface area contributed by atoms with E-state index in [4.69, 9.17) is 0 Å². The molecule has 0 unspecified atom stereocenters. The van der Waals surface area contributed by atoms with Crippen molar-refractivity contribution in [2.24, 2.45) is 5.92 Å². The minimum atomic E-state index is 0.641. The second-order valence-electron chi connectivity index (χ2n) is 7.83. The first kappa shape index (κ1) is 17.1. The van der Waals surface area contributed by atoms with Crippen molar-refractivity contribution in [1.29, 1.82) is 0 Å². The summed E-state index contributed by atoms with van der Waals surface area (Å²) in [6, 6.07) is 11.0. The molecule has 3 fully saturated rings. The molecule has 6 rings (SSSR count). The van der Waals surface area contributed by atoms with Gasteiger partial charge in [-0.1, -0.05) is 18.2 Å². The topological polar surface area (TPSA) is 37.2 Å². The van der Waals surface area contributed by atoms with Gasteiger partial charge in [0.1, 0.15) is 0 Å². The lowest BCUT2D eigenvalue weighted by atomic mass is 9.95. The average molecular weight is 380 g/mol. The van der Waals surface area contributed by atoms with E-state index in [0.29, 0.717) is 6.04 Å². The van der Waals surface area contributed by atoms with Gasteiger partial charge in [-0.15, -0.1) is 11.3 Å². The molecule has 5 heterocycles. The Morgan fingerprint density at radius 1 is 1.04 bits per heavy atom. The zero-order valence-corrected chi connectivity index (χ0v) is 16.3. The van der Waals surface area contributed by atoms with Crippen LogP contribution in [0.15, 0.2) is 53.6 Å². The lowest BCUT2D eigenvalue weighted by molar-refractivity contribution is 0.123. The third-order valence-electron chi connectivity index (χ3n) is 5.81. The number of fused-ring (bicyclic) bond motifs is 4. The van der Waals surface area contributed by atoms with Crippen LogP contribution in [-0.2, 0) is 13.1 Å². The molecule has 5 nitrogen and oxygen atoms in total. The smallest absolute Gasteiger partial charge is 0.0795 e. The second-order valence-corrected chi connectivity index (χ2v) is 8.55. The summed E-state index contributed by atoms with van der Waals surface area (Å²) in [5.74, 6) is 0.770. The van der Waals surface area contributed by atoms with E-state index in [1.54, 1.807) is 11.3 Å². The van der Waals surface area contributed by atoms with E-state index in [-0.39, 0.29) is 0 Å². The maximum Gasteiger partial charge on any atom is 0.0795 e. The molecule has 0 radical (unpaired) electrons. The molecule has 3 aliphatic heterocycles. The molecule has 140 valence electrons. The summed E-state index contributed by atoms with van der Waals surface area (Å²) >= 11 is 1.70. The summed E-state index contributed by atoms with van der Waals surface area (Å²) in [6.07, 6.45) is 6.88. The Morgan fingerprint density at radius 2 is 1.96 bits per heavy atom. The van der Waals surface area contributed by atoms with E-state index in [1.165, 1.54) is 37.2 Å². The quantitative estimate of drug-likeness (QED) is 0.681. The monoisotopic (exact) mass is 379 g/mol. The van der Waals surface area contributed by atoms with Crippen LogP contribution in [0, 0.1) is 5.92 Å². The van der Waals surface area contributed by atoms with Crippen molar-refractivity contribution in [3.05, 3.63) is 64.9 Å². The summed E-state index contributed by atoms with van der Waals surface area (Å²) in [6.45, 7) is 5.55. The second kappa shape index (κ2) is 7.54. The van der Waals surface area contributed by atoms with Gasteiger partial charge >= 0.3 is 0 Å². The molecule has 3 saturated heterocycles. The predicted molar refractivity (Wildman–Crippen MR) is 108 cm³/mol. The lowest BCUT2D eigenvalue weighted by Gasteiger charge is -2.35. The Balaban J connectivity index is 1.27. The normalized spacial score (nSPS) is 23.6. The standard InChI is InChI=1S/C21H25N5S/c1-2-4-20(5-3-1)26-12-18(8-23-26)11-25-10-17-6-7-21(25)14-24(9-17)13-19-15-27-16-22-19/h1-5,8,12,15-17,21H,6-7,9-11,13-14H2/t17-,21+/m1/s1. The van der Waals surface area contributed by atoms with Crippen LogP contribution in [0.5, 0.6) is 0 Å². The van der Waals surface area contributed by atoms with Crippen LogP contribution in [0.25, 0.3) is 5.69 Å². The molecule has 2 aromatic heterocycles. The van der Waals surface area contributed by atoms with Crippen molar-refractivity contribution in [2.45, 2.75) is 32.0 Å². The molecule has 0 N–H and O–H groups in total. The van der Waals surface area contributed by atoms with Crippen molar-refractivity contribution in [1.82, 2.24) is 24.6 Å². The molecule has 27 heavy (non-hydrogen) atoms. The summed E-state index contributed by atoms with van der Waals surface area (Å²) in [5.41, 5.74) is 5.59. The first-order chi connectivity index (χ1) is 13.3. The van der Waals surface area contributed by atoms with Gasteiger partial charge in [0.25, 0.3) is 0 Å². The van der Waals surface area contributed by atoms with Crippen LogP contribution in [0.1, 0.15) is 24.1 Å². The van der Waals surface area contributed by atoms with Crippen molar-refractivity contribution >= 4 is 11.3 Å². The third-order valence-corrected chi connectivity index (χ3v) is 6.45. The summed E-state index contributed by atoms with van der Waals surface area (Å²) < 4.78 is 1.99. The number of piperidine rings is 1. The average Bonchev–Trinajstić information content (AvgIpc) is 3.29. The molecule has 3 aromatic rings. The number of thiazole rings is 1. The maximum absolute atomic E-state index is 4.57. The number of benzene rings is 1. The van der Waals surface area contributed by atoms with Crippen molar-refractivity contribution in [2.75, 3.05) is 19.6 Å². The largest absolute Gasteiger partial charge is 0.296 e. The SMILES string of the molecule is c1ccc(-n2cc(CN3C[C@@H]4CC[C@H]3CN(Cc3cscn3)C4)cn2)cc1. The fourth-order valence-electron chi connectivity index (χ4n) is 4.54. The van der Waals surface area contributed by atoms with Crippen LogP contribution in [0.2, 0.25) is 0 Å². The van der Waals surface area contributed by atoms with Crippen LogP contribution >= 0.6 is 11.3 Å². The van der Waals surface area contributed by atoms with Gasteiger partial charge < -0.3 is 0 Å². The van der Waals surface area contributed by atoms with Crippen LogP contribution < -0.4 is 0 Å². The maximum atomic E-state index is 4.57. The van der Waals surface area contributed by atoms with E-state index in [2.05, 4.69) is 55.7 Å². The van der Waals surface area contributed by atoms with Gasteiger partial charge in [0.05, 0.1) is 23.1 Å². The van der Waals surface area contributed by atoms with E-state index in [1.807, 2.05) is 22.5 Å². The molecular weight excluding hydrogens is 354 g/mol. The Hall–Kier alpha value is -2.02. The third kappa shape index (κ3) is 3.83. The van der Waals surface area contributed by atoms with Gasteiger partial charge in [-0.2, -0.15) is 5.10 Å². The van der Waals surface area contributed by atoms with Crippen molar-refractivity contribution < 1.29 is 0 Å². The van der Waals surface area contributed by atoms with Gasteiger partial charge in [-0.3, -0.25) is 9.80 Å². The highest BCUT2D eigenvalue weighted by molar-refractivity contribution is 7.07. The molecule has 3 aliphatic rings. The molecule has 2 bridgehead atoms. The Kier molecular flexibility index (Phi) is 4.78. The summed E-state index contributed by atoms with van der Waals surface area (Å²) in [7, 11) is 0. The summed E-state index contributed by atoms with van der Waals surface area (Å²) in [4.78, 5) is 9.78. The predicted octanol–water partition coefficient (Wildman–Crippen LogP) is 3.43. The molecule has 0 spiro atoms. The summed E-state index contributed by atoms with van der Waals surface area (Å²) in [5, 5.41) is 6.76. The van der Waals surface area contributed by atoms with E-state index in [9.17, 15) is 0 Å². The minimum Gasteiger partial charge on any atom is -0.296 e. The number of hydrogen-bond donors (Lipinski definition) is 0. The Bertz CT molecular complexity index is 860. The highest BCUT2D eigenvalue weighted by Crippen LogP contribution is 2.30. The van der Waals surface area contributed by atoms with Crippen molar-refractivity contribution in [3.8, 4) is 5.69 Å². The van der Waals surface area contributed by atoms with Crippen LogP contribution in [0.3, 0.4) is 0 Å². The van der Waals surface area contributed by atoms with Gasteiger partial charge in [0.2, 0.25) is 0 Å². The molecular formula is C21H25N5S. The molecule has 0 saturated carbocycles. The molecule has 0 aliphatic carbocycles. The molecule has 0 amide bonds.